The van der Waals surface area contributed by atoms with E-state index in [1.54, 1.807) is 22.9 Å². The fraction of sp³-hybridized carbons (Fsp3) is 0.238. The third-order valence-corrected chi connectivity index (χ3v) is 4.28. The number of benzene rings is 2. The van der Waals surface area contributed by atoms with Crippen molar-refractivity contribution >= 4 is 17.4 Å². The van der Waals surface area contributed by atoms with E-state index in [0.29, 0.717) is 31.0 Å². The maximum Gasteiger partial charge on any atom is 0.269 e. The highest BCUT2D eigenvalue weighted by atomic mass is 16.6. The van der Waals surface area contributed by atoms with Gasteiger partial charge in [-0.3, -0.25) is 14.9 Å². The number of nitrogens with one attached hydrogen (secondary N) is 1. The fourth-order valence-electron chi connectivity index (χ4n) is 2.88. The molecule has 150 valence electrons. The van der Waals surface area contributed by atoms with E-state index in [0.717, 1.165) is 17.0 Å². The van der Waals surface area contributed by atoms with E-state index < -0.39 is 4.92 Å². The van der Waals surface area contributed by atoms with Crippen LogP contribution < -0.4 is 10.1 Å². The van der Waals surface area contributed by atoms with Crippen molar-refractivity contribution in [2.45, 2.75) is 26.7 Å². The van der Waals surface area contributed by atoms with Crippen LogP contribution in [0.25, 0.3) is 5.69 Å². The summed E-state index contributed by atoms with van der Waals surface area (Å²) in [7, 11) is 0. The number of carbonyl (C=O) groups excluding carboxylic acids is 1. The summed E-state index contributed by atoms with van der Waals surface area (Å²) in [6.45, 7) is 4.36. The molecule has 0 unspecified atom stereocenters. The molecule has 1 aromatic heterocycles. The highest BCUT2D eigenvalue weighted by molar-refractivity contribution is 5.90. The van der Waals surface area contributed by atoms with Gasteiger partial charge in [-0.25, -0.2) is 4.68 Å². The normalized spacial score (nSPS) is 10.6. The molecule has 0 aliphatic rings. The van der Waals surface area contributed by atoms with Crippen LogP contribution in [0.15, 0.2) is 54.6 Å². The molecule has 0 radical (unpaired) electrons. The minimum absolute atomic E-state index is 0.00133. The lowest BCUT2D eigenvalue weighted by Gasteiger charge is -2.09. The Labute approximate surface area is 168 Å². The quantitative estimate of drug-likeness (QED) is 0.459. The van der Waals surface area contributed by atoms with Gasteiger partial charge in [-0.2, -0.15) is 5.10 Å². The van der Waals surface area contributed by atoms with Crippen molar-refractivity contribution in [3.63, 3.8) is 0 Å². The fourth-order valence-corrected chi connectivity index (χ4v) is 2.88. The molecule has 1 amide bonds. The lowest BCUT2D eigenvalue weighted by atomic mass is 10.1. The largest absolute Gasteiger partial charge is 0.494 e. The number of hydrogen-bond acceptors (Lipinski definition) is 5. The van der Waals surface area contributed by atoms with E-state index in [9.17, 15) is 14.9 Å². The first-order chi connectivity index (χ1) is 14.0. The molecule has 3 rings (SSSR count). The SMILES string of the molecule is CCOc1ccc(CCC(=O)Nc2cc(C)nn2-c2ccc([N+](=O)[O-])cc2)cc1. The molecule has 0 saturated carbocycles. The Bertz CT molecular complexity index is 995. The zero-order chi connectivity index (χ0) is 20.8. The van der Waals surface area contributed by atoms with Crippen LogP contribution in [0.1, 0.15) is 24.6 Å². The molecule has 1 N–H and O–H groups in total. The second-order valence-electron chi connectivity index (χ2n) is 6.48. The van der Waals surface area contributed by atoms with Crippen LogP contribution in [0.3, 0.4) is 0 Å². The highest BCUT2D eigenvalue weighted by Gasteiger charge is 2.13. The molecule has 8 nitrogen and oxygen atoms in total. The molecule has 29 heavy (non-hydrogen) atoms. The molecule has 2 aromatic carbocycles. The van der Waals surface area contributed by atoms with Crippen molar-refractivity contribution < 1.29 is 14.5 Å². The maximum absolute atomic E-state index is 12.4. The lowest BCUT2D eigenvalue weighted by Crippen LogP contribution is -2.15. The number of non-ortho nitro benzene ring substituents is 1. The molecule has 0 saturated heterocycles. The average Bonchev–Trinajstić information content (AvgIpc) is 3.07. The van der Waals surface area contributed by atoms with Crippen molar-refractivity contribution in [1.29, 1.82) is 0 Å². The van der Waals surface area contributed by atoms with Gasteiger partial charge in [-0.05, 0) is 50.1 Å². The molecule has 0 bridgehead atoms. The van der Waals surface area contributed by atoms with Gasteiger partial charge in [0.25, 0.3) is 5.69 Å². The van der Waals surface area contributed by atoms with E-state index in [4.69, 9.17) is 4.74 Å². The van der Waals surface area contributed by atoms with Gasteiger partial charge in [0, 0.05) is 24.6 Å². The summed E-state index contributed by atoms with van der Waals surface area (Å²) in [5.74, 6) is 1.19. The van der Waals surface area contributed by atoms with Crippen molar-refractivity contribution in [2.75, 3.05) is 11.9 Å². The monoisotopic (exact) mass is 394 g/mol. The summed E-state index contributed by atoms with van der Waals surface area (Å²) in [6, 6.07) is 15.4. The summed E-state index contributed by atoms with van der Waals surface area (Å²) >= 11 is 0. The summed E-state index contributed by atoms with van der Waals surface area (Å²) in [5, 5.41) is 18.1. The van der Waals surface area contributed by atoms with E-state index in [2.05, 4.69) is 10.4 Å². The minimum Gasteiger partial charge on any atom is -0.494 e. The Morgan fingerprint density at radius 1 is 1.17 bits per heavy atom. The lowest BCUT2D eigenvalue weighted by molar-refractivity contribution is -0.384. The Balaban J connectivity index is 1.65. The number of ether oxygens (including phenoxy) is 1. The van der Waals surface area contributed by atoms with Crippen molar-refractivity contribution in [3.05, 3.63) is 76.0 Å². The van der Waals surface area contributed by atoms with E-state index in [-0.39, 0.29) is 11.6 Å². The number of hydrogen-bond donors (Lipinski definition) is 1. The first-order valence-electron chi connectivity index (χ1n) is 9.29. The molecule has 0 fully saturated rings. The smallest absolute Gasteiger partial charge is 0.269 e. The predicted octanol–water partition coefficient (Wildman–Crippen LogP) is 4.06. The topological polar surface area (TPSA) is 99.3 Å². The van der Waals surface area contributed by atoms with Crippen LogP contribution in [-0.4, -0.2) is 27.2 Å². The zero-order valence-corrected chi connectivity index (χ0v) is 16.3. The molecular weight excluding hydrogens is 372 g/mol. The van der Waals surface area contributed by atoms with Crippen LogP contribution in [0.2, 0.25) is 0 Å². The van der Waals surface area contributed by atoms with Gasteiger partial charge >= 0.3 is 0 Å². The molecule has 1 heterocycles. The molecule has 8 heteroatoms. The van der Waals surface area contributed by atoms with Crippen molar-refractivity contribution in [3.8, 4) is 11.4 Å². The molecule has 3 aromatic rings. The summed E-state index contributed by atoms with van der Waals surface area (Å²) in [5.41, 5.74) is 2.40. The first kappa shape index (κ1) is 20.1. The molecule has 0 aliphatic carbocycles. The predicted molar refractivity (Wildman–Crippen MR) is 110 cm³/mol. The van der Waals surface area contributed by atoms with E-state index >= 15 is 0 Å². The molecule has 0 atom stereocenters. The van der Waals surface area contributed by atoms with Gasteiger partial charge in [0.05, 0.1) is 22.9 Å². The number of nitro benzene ring substituents is 1. The third-order valence-electron chi connectivity index (χ3n) is 4.28. The van der Waals surface area contributed by atoms with Crippen LogP contribution in [0, 0.1) is 17.0 Å². The average molecular weight is 394 g/mol. The molecular formula is C21H22N4O4. The Morgan fingerprint density at radius 3 is 2.48 bits per heavy atom. The van der Waals surface area contributed by atoms with Gasteiger partial charge in [0.1, 0.15) is 11.6 Å². The van der Waals surface area contributed by atoms with Gasteiger partial charge in [-0.15, -0.1) is 0 Å². The minimum atomic E-state index is -0.457. The number of amides is 1. The number of rotatable bonds is 8. The Hall–Kier alpha value is -3.68. The number of nitro groups is 1. The number of anilines is 1. The van der Waals surface area contributed by atoms with E-state index in [1.807, 2.05) is 38.1 Å². The van der Waals surface area contributed by atoms with Crippen LogP contribution in [0.4, 0.5) is 11.5 Å². The summed E-state index contributed by atoms with van der Waals surface area (Å²) < 4.78 is 6.98. The first-order valence-corrected chi connectivity index (χ1v) is 9.29. The van der Waals surface area contributed by atoms with Crippen LogP contribution in [-0.2, 0) is 11.2 Å². The van der Waals surface area contributed by atoms with Gasteiger partial charge < -0.3 is 10.1 Å². The number of aromatic nitrogens is 2. The number of aryl methyl sites for hydroxylation is 2. The molecule has 0 aliphatic heterocycles. The second kappa shape index (κ2) is 9.01. The number of carbonyl (C=O) groups is 1. The van der Waals surface area contributed by atoms with E-state index in [1.165, 1.54) is 12.1 Å². The van der Waals surface area contributed by atoms with Crippen LogP contribution in [0.5, 0.6) is 5.75 Å². The van der Waals surface area contributed by atoms with Gasteiger partial charge in [-0.1, -0.05) is 12.1 Å². The highest BCUT2D eigenvalue weighted by Crippen LogP contribution is 2.20. The maximum atomic E-state index is 12.4. The van der Waals surface area contributed by atoms with Gasteiger partial charge in [0.15, 0.2) is 0 Å². The second-order valence-corrected chi connectivity index (χ2v) is 6.48. The van der Waals surface area contributed by atoms with Crippen molar-refractivity contribution in [2.24, 2.45) is 0 Å². The summed E-state index contributed by atoms with van der Waals surface area (Å²) in [6.07, 6.45) is 0.918. The summed E-state index contributed by atoms with van der Waals surface area (Å²) in [4.78, 5) is 22.8. The Kier molecular flexibility index (Phi) is 6.23. The Morgan fingerprint density at radius 2 is 1.86 bits per heavy atom. The van der Waals surface area contributed by atoms with Crippen LogP contribution >= 0.6 is 0 Å². The van der Waals surface area contributed by atoms with Crippen molar-refractivity contribution in [1.82, 2.24) is 9.78 Å². The van der Waals surface area contributed by atoms with Gasteiger partial charge in [0.2, 0.25) is 5.91 Å². The standard InChI is InChI=1S/C21H22N4O4/c1-3-29-19-11-4-16(5-12-19)6-13-21(26)22-20-14-15(2)23-24(20)17-7-9-18(10-8-17)25(27)28/h4-5,7-12,14H,3,6,13H2,1-2H3,(H,22,26). The third kappa shape index (κ3) is 5.19. The zero-order valence-electron chi connectivity index (χ0n) is 16.3. The molecule has 0 spiro atoms. The number of nitrogens with zero attached hydrogens (tertiary/aromatic N) is 3.